The van der Waals surface area contributed by atoms with Gasteiger partial charge in [0.1, 0.15) is 11.4 Å². The predicted octanol–water partition coefficient (Wildman–Crippen LogP) is 1.06. The molecule has 0 saturated carbocycles. The van der Waals surface area contributed by atoms with Crippen LogP contribution in [0.2, 0.25) is 0 Å². The molecule has 5 N–H and O–H groups in total. The molecule has 0 spiro atoms. The third-order valence-corrected chi connectivity index (χ3v) is 4.73. The van der Waals surface area contributed by atoms with Gasteiger partial charge >= 0.3 is 12.0 Å². The van der Waals surface area contributed by atoms with Crippen LogP contribution in [0.1, 0.15) is 17.2 Å². The number of urea groups is 1. The fourth-order valence-corrected chi connectivity index (χ4v) is 3.06. The molecular formula is C21H19N7O7. The summed E-state index contributed by atoms with van der Waals surface area (Å²) in [6.07, 6.45) is 0. The van der Waals surface area contributed by atoms with Crippen molar-refractivity contribution in [2.45, 2.75) is 12.8 Å². The molecule has 3 rings (SSSR count). The van der Waals surface area contributed by atoms with E-state index in [4.69, 9.17) is 10.5 Å². The highest BCUT2D eigenvalue weighted by molar-refractivity contribution is 6.47. The Bertz CT molecular complexity index is 1410. The van der Waals surface area contributed by atoms with Crippen LogP contribution in [0.4, 0.5) is 16.2 Å². The van der Waals surface area contributed by atoms with Crippen LogP contribution in [0, 0.1) is 17.0 Å². The molecule has 0 fully saturated rings. The van der Waals surface area contributed by atoms with Gasteiger partial charge in [0.2, 0.25) is 0 Å². The van der Waals surface area contributed by atoms with Crippen molar-refractivity contribution < 1.29 is 24.0 Å². The number of hydrazone groups is 1. The maximum absolute atomic E-state index is 13.1. The first kappa shape index (κ1) is 24.5. The second-order valence-electron chi connectivity index (χ2n) is 7.16. The van der Waals surface area contributed by atoms with E-state index in [-0.39, 0.29) is 16.7 Å². The molecule has 2 aromatic carbocycles. The Morgan fingerprint density at radius 3 is 2.49 bits per heavy atom. The highest BCUT2D eigenvalue weighted by Crippen LogP contribution is 2.21. The van der Waals surface area contributed by atoms with Gasteiger partial charge in [-0.3, -0.25) is 24.5 Å². The van der Waals surface area contributed by atoms with Gasteiger partial charge in [0.15, 0.2) is 5.92 Å². The number of ether oxygens (including phenoxy) is 1. The van der Waals surface area contributed by atoms with Gasteiger partial charge in [0, 0.05) is 17.8 Å². The number of nitrogens with one attached hydrogen (secondary N) is 3. The lowest BCUT2D eigenvalue weighted by Gasteiger charge is -2.16. The number of hydrogen-bond acceptors (Lipinski definition) is 9. The number of hydrogen-bond donors (Lipinski definition) is 4. The summed E-state index contributed by atoms with van der Waals surface area (Å²) in [6, 6.07) is 8.99. The third kappa shape index (κ3) is 5.62. The van der Waals surface area contributed by atoms with Crippen molar-refractivity contribution in [2.24, 2.45) is 10.8 Å². The van der Waals surface area contributed by atoms with Crippen molar-refractivity contribution in [3.8, 4) is 0 Å². The van der Waals surface area contributed by atoms with Gasteiger partial charge in [-0.05, 0) is 25.1 Å². The minimum Gasteiger partial charge on any atom is -0.468 e. The van der Waals surface area contributed by atoms with E-state index in [0.717, 1.165) is 24.8 Å². The molecule has 1 unspecified atom stereocenters. The van der Waals surface area contributed by atoms with Crippen molar-refractivity contribution in [1.82, 2.24) is 15.4 Å². The minimum atomic E-state index is -1.79. The number of fused-ring (bicyclic) bond motifs is 1. The molecule has 14 nitrogen and oxygen atoms in total. The Labute approximate surface area is 196 Å². The van der Waals surface area contributed by atoms with E-state index in [0.29, 0.717) is 5.69 Å². The van der Waals surface area contributed by atoms with Gasteiger partial charge in [-0.25, -0.2) is 15.2 Å². The topological polar surface area (TPSA) is 212 Å². The predicted molar refractivity (Wildman–Crippen MR) is 124 cm³/mol. The standard InChI is InChI=1S/C21H19N7O7/c1-10-3-5-11(6-4-10)23-19(30)17(26-27-21(22)32)15(20(31)35-2)16-18(29)25-14-9-12(28(33)34)7-8-13(14)24-16/h3-9,15H,1-2H3,(H,23,30)(H,25,29)(H3,22,27,32)/b26-17-. The summed E-state index contributed by atoms with van der Waals surface area (Å²) in [5, 5.41) is 17.2. The second kappa shape index (κ2) is 10.2. The monoisotopic (exact) mass is 481 g/mol. The fourth-order valence-electron chi connectivity index (χ4n) is 3.06. The quantitative estimate of drug-likeness (QED) is 0.165. The summed E-state index contributed by atoms with van der Waals surface area (Å²) in [7, 11) is 1.02. The van der Waals surface area contributed by atoms with E-state index in [1.54, 1.807) is 24.3 Å². The van der Waals surface area contributed by atoms with E-state index >= 15 is 0 Å². The maximum Gasteiger partial charge on any atom is 0.332 e. The highest BCUT2D eigenvalue weighted by atomic mass is 16.6. The van der Waals surface area contributed by atoms with E-state index < -0.39 is 45.7 Å². The van der Waals surface area contributed by atoms with E-state index in [1.165, 1.54) is 6.07 Å². The fraction of sp³-hybridized carbons (Fsp3) is 0.143. The second-order valence-corrected chi connectivity index (χ2v) is 7.16. The van der Waals surface area contributed by atoms with Crippen LogP contribution in [0.5, 0.6) is 0 Å². The van der Waals surface area contributed by atoms with Gasteiger partial charge in [-0.1, -0.05) is 17.7 Å². The molecule has 0 radical (unpaired) electrons. The number of carbonyl (C=O) groups is 3. The van der Waals surface area contributed by atoms with Crippen LogP contribution < -0.4 is 22.0 Å². The normalized spacial score (nSPS) is 12.0. The zero-order valence-electron chi connectivity index (χ0n) is 18.4. The molecule has 0 aliphatic heterocycles. The molecule has 0 aliphatic carbocycles. The van der Waals surface area contributed by atoms with Gasteiger partial charge in [-0.2, -0.15) is 5.10 Å². The largest absolute Gasteiger partial charge is 0.468 e. The molecule has 14 heteroatoms. The van der Waals surface area contributed by atoms with Crippen molar-refractivity contribution in [3.05, 3.63) is 74.2 Å². The molecule has 0 aliphatic rings. The SMILES string of the molecule is COC(=O)C(/C(=N/NC(N)=O)C(=O)Nc1ccc(C)cc1)c1nc2ccc([N+](=O)[O-])cc2[nH]c1=O. The molecular weight excluding hydrogens is 462 g/mol. The Morgan fingerprint density at radius 1 is 1.20 bits per heavy atom. The number of rotatable bonds is 7. The molecule has 1 aromatic heterocycles. The van der Waals surface area contributed by atoms with Crippen LogP contribution in [0.3, 0.4) is 0 Å². The molecule has 3 amide bonds. The first-order valence-corrected chi connectivity index (χ1v) is 9.88. The molecule has 0 saturated heterocycles. The van der Waals surface area contributed by atoms with Crippen LogP contribution in [0.25, 0.3) is 11.0 Å². The number of primary amides is 1. The first-order chi connectivity index (χ1) is 16.6. The van der Waals surface area contributed by atoms with Crippen molar-refractivity contribution in [1.29, 1.82) is 0 Å². The van der Waals surface area contributed by atoms with E-state index in [9.17, 15) is 29.3 Å². The average molecular weight is 481 g/mol. The number of aromatic nitrogens is 2. The Balaban J connectivity index is 2.14. The van der Waals surface area contributed by atoms with Crippen molar-refractivity contribution in [3.63, 3.8) is 0 Å². The smallest absolute Gasteiger partial charge is 0.332 e. The summed E-state index contributed by atoms with van der Waals surface area (Å²) >= 11 is 0. The maximum atomic E-state index is 13.1. The summed E-state index contributed by atoms with van der Waals surface area (Å²) in [6.45, 7) is 1.84. The number of benzene rings is 2. The summed E-state index contributed by atoms with van der Waals surface area (Å²) in [4.78, 5) is 66.8. The molecule has 0 bridgehead atoms. The number of nitro groups is 1. The van der Waals surface area contributed by atoms with Gasteiger partial charge in [0.05, 0.1) is 23.1 Å². The average Bonchev–Trinajstić information content (AvgIpc) is 2.82. The summed E-state index contributed by atoms with van der Waals surface area (Å²) in [5.74, 6) is -3.84. The van der Waals surface area contributed by atoms with Gasteiger partial charge in [-0.15, -0.1) is 0 Å². The number of nitrogens with zero attached hydrogens (tertiary/aromatic N) is 3. The van der Waals surface area contributed by atoms with Crippen LogP contribution >= 0.6 is 0 Å². The van der Waals surface area contributed by atoms with Crippen LogP contribution in [0.15, 0.2) is 52.4 Å². The number of esters is 1. The summed E-state index contributed by atoms with van der Waals surface area (Å²) < 4.78 is 4.76. The number of methoxy groups -OCH3 is 1. The Kier molecular flexibility index (Phi) is 7.14. The summed E-state index contributed by atoms with van der Waals surface area (Å²) in [5.41, 5.74) is 5.92. The number of carbonyl (C=O) groups excluding carboxylic acids is 3. The Morgan fingerprint density at radius 2 is 1.89 bits per heavy atom. The van der Waals surface area contributed by atoms with Gasteiger partial charge < -0.3 is 20.8 Å². The number of aromatic amines is 1. The number of H-pyrrole nitrogens is 1. The van der Waals surface area contributed by atoms with Crippen LogP contribution in [-0.4, -0.2) is 45.6 Å². The zero-order chi connectivity index (χ0) is 25.7. The molecule has 180 valence electrons. The number of anilines is 1. The van der Waals surface area contributed by atoms with Crippen molar-refractivity contribution in [2.75, 3.05) is 12.4 Å². The lowest BCUT2D eigenvalue weighted by atomic mass is 9.98. The number of non-ortho nitro benzene ring substituents is 1. The number of aryl methyl sites for hydroxylation is 1. The number of amides is 3. The number of nitro benzene ring substituents is 1. The van der Waals surface area contributed by atoms with Gasteiger partial charge in [0.25, 0.3) is 17.2 Å². The molecule has 3 aromatic rings. The zero-order valence-corrected chi connectivity index (χ0v) is 18.4. The Hall–Kier alpha value is -5.14. The lowest BCUT2D eigenvalue weighted by Crippen LogP contribution is -2.39. The first-order valence-electron chi connectivity index (χ1n) is 9.88. The third-order valence-electron chi connectivity index (χ3n) is 4.73. The van der Waals surface area contributed by atoms with Crippen molar-refractivity contribution >= 4 is 46.0 Å². The van der Waals surface area contributed by atoms with E-state index in [1.807, 2.05) is 12.3 Å². The highest BCUT2D eigenvalue weighted by Gasteiger charge is 2.36. The number of nitrogens with two attached hydrogens (primary N) is 1. The van der Waals surface area contributed by atoms with E-state index in [2.05, 4.69) is 20.4 Å². The lowest BCUT2D eigenvalue weighted by molar-refractivity contribution is -0.384. The molecule has 1 heterocycles. The minimum absolute atomic E-state index is 0.0226. The molecule has 35 heavy (non-hydrogen) atoms. The van der Waals surface area contributed by atoms with Crippen LogP contribution in [-0.2, 0) is 14.3 Å². The molecule has 1 atom stereocenters.